The van der Waals surface area contributed by atoms with Crippen LogP contribution in [0.4, 0.5) is 16.2 Å². The van der Waals surface area contributed by atoms with Crippen LogP contribution in [0, 0.1) is 0 Å². The van der Waals surface area contributed by atoms with E-state index in [-0.39, 0.29) is 0 Å². The van der Waals surface area contributed by atoms with Gasteiger partial charge in [-0.1, -0.05) is 24.3 Å². The van der Waals surface area contributed by atoms with Gasteiger partial charge in [0.05, 0.1) is 26.5 Å². The van der Waals surface area contributed by atoms with Gasteiger partial charge >= 0.3 is 6.09 Å². The Bertz CT molecular complexity index is 885. The smallest absolute Gasteiger partial charge is 0.411 e. The number of benzene rings is 2. The van der Waals surface area contributed by atoms with Crippen molar-refractivity contribution >= 4 is 23.4 Å². The number of amides is 1. The average molecular weight is 426 g/mol. The first kappa shape index (κ1) is 22.3. The number of nitrogens with one attached hydrogen (secondary N) is 3. The molecular formula is C23H31N5O3. The van der Waals surface area contributed by atoms with Crippen molar-refractivity contribution in [3.8, 4) is 5.75 Å². The van der Waals surface area contributed by atoms with Gasteiger partial charge in [-0.2, -0.15) is 0 Å². The summed E-state index contributed by atoms with van der Waals surface area (Å²) in [5.41, 5.74) is 2.86. The van der Waals surface area contributed by atoms with Crippen molar-refractivity contribution in [1.29, 1.82) is 0 Å². The van der Waals surface area contributed by atoms with Crippen LogP contribution in [0.2, 0.25) is 0 Å². The number of para-hydroxylation sites is 2. The highest BCUT2D eigenvalue weighted by Crippen LogP contribution is 2.30. The van der Waals surface area contributed by atoms with Crippen molar-refractivity contribution < 1.29 is 14.3 Å². The van der Waals surface area contributed by atoms with Gasteiger partial charge in [-0.05, 0) is 43.2 Å². The Balaban J connectivity index is 1.58. The topological polar surface area (TPSA) is 87.2 Å². The predicted octanol–water partition coefficient (Wildman–Crippen LogP) is 3.21. The fourth-order valence-corrected chi connectivity index (χ4v) is 3.53. The number of carbonyl (C=O) groups is 1. The first-order valence-corrected chi connectivity index (χ1v) is 10.5. The van der Waals surface area contributed by atoms with Gasteiger partial charge in [0, 0.05) is 31.4 Å². The minimum atomic E-state index is -0.483. The lowest BCUT2D eigenvalue weighted by Crippen LogP contribution is -2.44. The highest BCUT2D eigenvalue weighted by molar-refractivity contribution is 5.84. The standard InChI is InChI=1S/C23H31N5O3/c1-4-24-22(25-15-17-9-11-18(12-10-17)27-23(29)31-3)26-19-13-14-28(16-19)20-7-5-6-8-21(20)30-2/h5-12,19H,4,13-16H2,1-3H3,(H,27,29)(H2,24,25,26). The van der Waals surface area contributed by atoms with Crippen molar-refractivity contribution in [2.24, 2.45) is 4.99 Å². The molecule has 0 aromatic heterocycles. The molecule has 2 aromatic rings. The van der Waals surface area contributed by atoms with Gasteiger partial charge in [0.25, 0.3) is 0 Å². The third-order valence-electron chi connectivity index (χ3n) is 5.10. The molecule has 2 aromatic carbocycles. The van der Waals surface area contributed by atoms with E-state index in [9.17, 15) is 4.79 Å². The minimum Gasteiger partial charge on any atom is -0.495 e. The largest absolute Gasteiger partial charge is 0.495 e. The monoisotopic (exact) mass is 425 g/mol. The second-order valence-corrected chi connectivity index (χ2v) is 7.26. The van der Waals surface area contributed by atoms with E-state index in [1.807, 2.05) is 42.5 Å². The lowest BCUT2D eigenvalue weighted by atomic mass is 10.2. The normalized spacial score (nSPS) is 16.0. The van der Waals surface area contributed by atoms with Crippen LogP contribution in [-0.2, 0) is 11.3 Å². The molecule has 3 rings (SSSR count). The van der Waals surface area contributed by atoms with Crippen molar-refractivity contribution in [3.05, 3.63) is 54.1 Å². The third-order valence-corrected chi connectivity index (χ3v) is 5.10. The summed E-state index contributed by atoms with van der Waals surface area (Å²) in [6.45, 7) is 5.23. The van der Waals surface area contributed by atoms with Crippen LogP contribution in [0.1, 0.15) is 18.9 Å². The zero-order valence-corrected chi connectivity index (χ0v) is 18.4. The summed E-state index contributed by atoms with van der Waals surface area (Å²) in [6, 6.07) is 16.0. The van der Waals surface area contributed by atoms with E-state index in [4.69, 9.17) is 9.73 Å². The maximum absolute atomic E-state index is 11.3. The molecule has 1 aliphatic rings. The van der Waals surface area contributed by atoms with E-state index in [0.29, 0.717) is 18.3 Å². The van der Waals surface area contributed by atoms with Gasteiger partial charge in [0.15, 0.2) is 5.96 Å². The second kappa shape index (κ2) is 11.1. The summed E-state index contributed by atoms with van der Waals surface area (Å²) in [4.78, 5) is 18.4. The molecule has 1 heterocycles. The van der Waals surface area contributed by atoms with Crippen molar-refractivity contribution in [1.82, 2.24) is 10.6 Å². The van der Waals surface area contributed by atoms with Gasteiger partial charge in [-0.15, -0.1) is 0 Å². The maximum atomic E-state index is 11.3. The SMILES string of the molecule is CCNC(=NCc1ccc(NC(=O)OC)cc1)NC1CCN(c2ccccc2OC)C1. The fourth-order valence-electron chi connectivity index (χ4n) is 3.53. The van der Waals surface area contributed by atoms with Crippen molar-refractivity contribution in [3.63, 3.8) is 0 Å². The molecule has 31 heavy (non-hydrogen) atoms. The fraction of sp³-hybridized carbons (Fsp3) is 0.391. The number of methoxy groups -OCH3 is 2. The molecular weight excluding hydrogens is 394 g/mol. The molecule has 0 bridgehead atoms. The Morgan fingerprint density at radius 1 is 1.16 bits per heavy atom. The van der Waals surface area contributed by atoms with Crippen LogP contribution < -0.4 is 25.6 Å². The van der Waals surface area contributed by atoms with E-state index in [2.05, 4.69) is 38.6 Å². The van der Waals surface area contributed by atoms with E-state index in [1.165, 1.54) is 7.11 Å². The zero-order valence-electron chi connectivity index (χ0n) is 18.4. The summed E-state index contributed by atoms with van der Waals surface area (Å²) in [6.07, 6.45) is 0.541. The lowest BCUT2D eigenvalue weighted by molar-refractivity contribution is 0.187. The quantitative estimate of drug-likeness (QED) is 0.466. The minimum absolute atomic E-state index is 0.300. The summed E-state index contributed by atoms with van der Waals surface area (Å²) in [5, 5.41) is 9.52. The third kappa shape index (κ3) is 6.28. The number of anilines is 2. The Morgan fingerprint density at radius 3 is 2.65 bits per heavy atom. The van der Waals surface area contributed by atoms with Crippen LogP contribution in [-0.4, -0.2) is 51.9 Å². The lowest BCUT2D eigenvalue weighted by Gasteiger charge is -2.22. The molecule has 166 valence electrons. The van der Waals surface area contributed by atoms with Crippen LogP contribution in [0.3, 0.4) is 0 Å². The Hall–Kier alpha value is -3.42. The predicted molar refractivity (Wildman–Crippen MR) is 124 cm³/mol. The van der Waals surface area contributed by atoms with Crippen LogP contribution in [0.15, 0.2) is 53.5 Å². The number of rotatable bonds is 7. The van der Waals surface area contributed by atoms with Crippen molar-refractivity contribution in [2.75, 3.05) is 44.1 Å². The first-order chi connectivity index (χ1) is 15.1. The Morgan fingerprint density at radius 2 is 1.94 bits per heavy atom. The van der Waals surface area contributed by atoms with Crippen LogP contribution in [0.25, 0.3) is 0 Å². The molecule has 1 aliphatic heterocycles. The van der Waals surface area contributed by atoms with Crippen molar-refractivity contribution in [2.45, 2.75) is 25.9 Å². The molecule has 1 atom stereocenters. The Kier molecular flexibility index (Phi) is 7.98. The molecule has 8 nitrogen and oxygen atoms in total. The molecule has 0 saturated carbocycles. The van der Waals surface area contributed by atoms with E-state index in [0.717, 1.165) is 49.0 Å². The van der Waals surface area contributed by atoms with E-state index in [1.54, 1.807) is 7.11 Å². The summed E-state index contributed by atoms with van der Waals surface area (Å²) >= 11 is 0. The van der Waals surface area contributed by atoms with Crippen LogP contribution in [0.5, 0.6) is 5.75 Å². The number of nitrogens with zero attached hydrogens (tertiary/aromatic N) is 2. The summed E-state index contributed by atoms with van der Waals surface area (Å²) in [7, 11) is 3.05. The summed E-state index contributed by atoms with van der Waals surface area (Å²) < 4.78 is 10.1. The highest BCUT2D eigenvalue weighted by Gasteiger charge is 2.25. The summed E-state index contributed by atoms with van der Waals surface area (Å²) in [5.74, 6) is 1.69. The van der Waals surface area contributed by atoms with Gasteiger partial charge in [0.2, 0.25) is 0 Å². The van der Waals surface area contributed by atoms with Gasteiger partial charge < -0.3 is 25.0 Å². The van der Waals surface area contributed by atoms with E-state index < -0.39 is 6.09 Å². The molecule has 0 spiro atoms. The number of guanidine groups is 1. The van der Waals surface area contributed by atoms with Gasteiger partial charge in [-0.3, -0.25) is 5.32 Å². The highest BCUT2D eigenvalue weighted by atomic mass is 16.5. The number of hydrogen-bond acceptors (Lipinski definition) is 5. The van der Waals surface area contributed by atoms with Crippen LogP contribution >= 0.6 is 0 Å². The molecule has 1 fully saturated rings. The number of hydrogen-bond donors (Lipinski definition) is 3. The molecule has 8 heteroatoms. The molecule has 3 N–H and O–H groups in total. The Labute approximate surface area is 183 Å². The van der Waals surface area contributed by atoms with Gasteiger partial charge in [0.1, 0.15) is 5.75 Å². The number of ether oxygens (including phenoxy) is 2. The molecule has 0 radical (unpaired) electrons. The molecule has 0 aliphatic carbocycles. The maximum Gasteiger partial charge on any atom is 0.411 e. The molecule has 1 amide bonds. The number of aliphatic imine (C=N–C) groups is 1. The average Bonchev–Trinajstić information content (AvgIpc) is 3.26. The number of carbonyl (C=O) groups excluding carboxylic acids is 1. The van der Waals surface area contributed by atoms with E-state index >= 15 is 0 Å². The first-order valence-electron chi connectivity index (χ1n) is 10.5. The zero-order chi connectivity index (χ0) is 22.1. The molecule has 1 unspecified atom stereocenters. The second-order valence-electron chi connectivity index (χ2n) is 7.26. The van der Waals surface area contributed by atoms with Gasteiger partial charge in [-0.25, -0.2) is 9.79 Å². The molecule has 1 saturated heterocycles.